The first-order valence-electron chi connectivity index (χ1n) is 13.4. The molecule has 2 aliphatic carbocycles. The Morgan fingerprint density at radius 2 is 1.37 bits per heavy atom. The predicted octanol–water partition coefficient (Wildman–Crippen LogP) is 4.62. The van der Waals surface area contributed by atoms with Gasteiger partial charge in [0.15, 0.2) is 5.78 Å². The van der Waals surface area contributed by atoms with Gasteiger partial charge in [0, 0.05) is 27.7 Å². The van der Waals surface area contributed by atoms with Crippen LogP contribution in [-0.4, -0.2) is 51.0 Å². The highest BCUT2D eigenvalue weighted by Gasteiger charge is 2.61. The molecule has 43 heavy (non-hydrogen) atoms. The van der Waals surface area contributed by atoms with Crippen LogP contribution in [0.15, 0.2) is 89.4 Å². The van der Waals surface area contributed by atoms with Crippen LogP contribution in [0, 0.1) is 33.8 Å². The Balaban J connectivity index is 1.24. The van der Waals surface area contributed by atoms with E-state index in [0.717, 1.165) is 26.6 Å². The molecular weight excluding hydrogens is 622 g/mol. The summed E-state index contributed by atoms with van der Waals surface area (Å²) in [7, 11) is 0. The number of non-ortho nitro benzene ring substituents is 1. The molecule has 0 N–H and O–H groups in total. The molecule has 0 radical (unpaired) electrons. The van der Waals surface area contributed by atoms with Crippen molar-refractivity contribution in [3.05, 3.63) is 116 Å². The lowest BCUT2D eigenvalue weighted by Gasteiger charge is -2.30. The molecule has 0 spiro atoms. The third kappa shape index (κ3) is 5.14. The number of allylic oxidation sites excluding steroid dienone is 2. The number of nitrogens with zero attached hydrogens (tertiary/aromatic N) is 3. The molecule has 1 aliphatic heterocycles. The number of imide groups is 1. The van der Waals surface area contributed by atoms with Gasteiger partial charge < -0.3 is 4.74 Å². The summed E-state index contributed by atoms with van der Waals surface area (Å²) in [5.74, 6) is -4.36. The molecule has 2 bridgehead atoms. The van der Waals surface area contributed by atoms with Crippen molar-refractivity contribution in [2.75, 3.05) is 6.54 Å². The van der Waals surface area contributed by atoms with Crippen molar-refractivity contribution in [2.24, 2.45) is 23.7 Å². The number of rotatable bonds is 8. The average Bonchev–Trinajstić information content (AvgIpc) is 3.70. The van der Waals surface area contributed by atoms with Crippen LogP contribution in [0.5, 0.6) is 5.75 Å². The number of ketones is 1. The van der Waals surface area contributed by atoms with E-state index in [-0.39, 0.29) is 34.4 Å². The molecule has 3 amide bonds. The third-order valence-corrected chi connectivity index (χ3v) is 8.54. The Morgan fingerprint density at radius 3 is 1.93 bits per heavy atom. The molecule has 0 unspecified atom stereocenters. The predicted molar refractivity (Wildman–Crippen MR) is 154 cm³/mol. The smallest absolute Gasteiger partial charge is 0.343 e. The number of nitro groups is 1. The summed E-state index contributed by atoms with van der Waals surface area (Å²) in [6.07, 6.45) is 4.52. The molecule has 1 saturated carbocycles. The lowest BCUT2D eigenvalue weighted by molar-refractivity contribution is -0.384. The largest absolute Gasteiger partial charge is 0.423 e. The number of hydrazine groups is 1. The number of ether oxygens (including phenoxy) is 1. The van der Waals surface area contributed by atoms with Crippen molar-refractivity contribution >= 4 is 51.1 Å². The molecule has 12 heteroatoms. The van der Waals surface area contributed by atoms with Gasteiger partial charge in [0.25, 0.3) is 23.4 Å². The first-order chi connectivity index (χ1) is 20.6. The van der Waals surface area contributed by atoms with E-state index in [4.69, 9.17) is 4.74 Å². The van der Waals surface area contributed by atoms with E-state index < -0.39 is 52.8 Å². The molecular formula is C31H22BrN3O8. The second kappa shape index (κ2) is 11.0. The van der Waals surface area contributed by atoms with Gasteiger partial charge in [0.1, 0.15) is 12.3 Å². The van der Waals surface area contributed by atoms with Gasteiger partial charge in [0.2, 0.25) is 0 Å². The fourth-order valence-electron chi connectivity index (χ4n) is 5.92. The number of esters is 1. The zero-order valence-electron chi connectivity index (χ0n) is 22.3. The zero-order valence-corrected chi connectivity index (χ0v) is 23.9. The molecule has 1 saturated heterocycles. The second-order valence-electron chi connectivity index (χ2n) is 10.5. The minimum absolute atomic E-state index is 0.0349. The summed E-state index contributed by atoms with van der Waals surface area (Å²) in [5, 5.41) is 12.7. The molecule has 4 atom stereocenters. The molecule has 3 aliphatic rings. The molecule has 3 aromatic carbocycles. The third-order valence-electron chi connectivity index (χ3n) is 8.01. The summed E-state index contributed by atoms with van der Waals surface area (Å²) < 4.78 is 6.18. The van der Waals surface area contributed by atoms with Gasteiger partial charge in [-0.3, -0.25) is 29.3 Å². The Morgan fingerprint density at radius 1 is 0.837 bits per heavy atom. The van der Waals surface area contributed by atoms with Crippen LogP contribution in [0.25, 0.3) is 0 Å². The minimum atomic E-state index is -0.828. The van der Waals surface area contributed by atoms with E-state index >= 15 is 0 Å². The van der Waals surface area contributed by atoms with Crippen molar-refractivity contribution in [1.29, 1.82) is 0 Å². The van der Waals surface area contributed by atoms with Crippen molar-refractivity contribution in [2.45, 2.75) is 6.42 Å². The second-order valence-corrected chi connectivity index (χ2v) is 11.4. The number of carbonyl (C=O) groups is 5. The van der Waals surface area contributed by atoms with Crippen molar-refractivity contribution in [3.8, 4) is 5.75 Å². The molecule has 1 heterocycles. The van der Waals surface area contributed by atoms with Gasteiger partial charge in [0.05, 0.1) is 22.3 Å². The van der Waals surface area contributed by atoms with Gasteiger partial charge in [-0.05, 0) is 78.9 Å². The quantitative estimate of drug-likeness (QED) is 0.0657. The molecule has 216 valence electrons. The molecule has 0 aromatic heterocycles. The van der Waals surface area contributed by atoms with Gasteiger partial charge in [-0.2, -0.15) is 5.01 Å². The minimum Gasteiger partial charge on any atom is -0.423 e. The number of carbonyl (C=O) groups excluding carboxylic acids is 5. The van der Waals surface area contributed by atoms with Crippen molar-refractivity contribution in [3.63, 3.8) is 0 Å². The summed E-state index contributed by atoms with van der Waals surface area (Å²) >= 11 is 3.30. The van der Waals surface area contributed by atoms with Crippen LogP contribution in [-0.2, 0) is 9.59 Å². The van der Waals surface area contributed by atoms with Crippen LogP contribution in [0.1, 0.15) is 37.5 Å². The lowest BCUT2D eigenvalue weighted by atomic mass is 9.85. The number of halogens is 1. The van der Waals surface area contributed by atoms with E-state index in [0.29, 0.717) is 12.0 Å². The SMILES string of the molecule is O=C(CN(C(=O)c1ccc([N+](=O)[O-])cc1)N1C(=O)[C@H]2[C@H](C1=O)[C@H]1C=C[C@H]2C1)c1ccc(OC(=O)c2ccc(Br)cc2)cc1. The fourth-order valence-corrected chi connectivity index (χ4v) is 6.19. The normalized spacial score (nSPS) is 21.6. The van der Waals surface area contributed by atoms with Crippen LogP contribution >= 0.6 is 15.9 Å². The van der Waals surface area contributed by atoms with E-state index in [1.807, 2.05) is 12.2 Å². The van der Waals surface area contributed by atoms with Crippen molar-refractivity contribution < 1.29 is 33.6 Å². The monoisotopic (exact) mass is 643 g/mol. The lowest BCUT2D eigenvalue weighted by Crippen LogP contribution is -2.52. The van der Waals surface area contributed by atoms with Gasteiger partial charge >= 0.3 is 5.97 Å². The number of hydrogen-bond acceptors (Lipinski definition) is 8. The highest BCUT2D eigenvalue weighted by Crippen LogP contribution is 2.52. The molecule has 11 nitrogen and oxygen atoms in total. The van der Waals surface area contributed by atoms with E-state index in [2.05, 4.69) is 15.9 Å². The van der Waals surface area contributed by atoms with E-state index in [9.17, 15) is 34.1 Å². The first kappa shape index (κ1) is 28.2. The Bertz CT molecular complexity index is 1670. The van der Waals surface area contributed by atoms with Crippen LogP contribution in [0.2, 0.25) is 0 Å². The highest BCUT2D eigenvalue weighted by molar-refractivity contribution is 9.10. The van der Waals surface area contributed by atoms with Gasteiger partial charge in [-0.15, -0.1) is 0 Å². The Labute approximate surface area is 253 Å². The first-order valence-corrected chi connectivity index (χ1v) is 14.1. The fraction of sp³-hybridized carbons (Fsp3) is 0.194. The highest BCUT2D eigenvalue weighted by atomic mass is 79.9. The topological polar surface area (TPSA) is 144 Å². The maximum Gasteiger partial charge on any atom is 0.343 e. The molecule has 3 aromatic rings. The van der Waals surface area contributed by atoms with Crippen LogP contribution in [0.3, 0.4) is 0 Å². The Kier molecular flexibility index (Phi) is 7.22. The summed E-state index contributed by atoms with van der Waals surface area (Å²) in [6.45, 7) is -0.645. The zero-order chi connectivity index (χ0) is 30.4. The summed E-state index contributed by atoms with van der Waals surface area (Å²) in [5.41, 5.74) is 0.195. The van der Waals surface area contributed by atoms with Gasteiger partial charge in [-0.1, -0.05) is 28.1 Å². The van der Waals surface area contributed by atoms with E-state index in [1.165, 1.54) is 36.4 Å². The standard InChI is InChI=1S/C31H22BrN3O8/c32-22-9-3-19(4-10-22)31(40)43-24-13-7-17(8-14-24)25(36)16-33(28(37)18-5-11-23(12-6-18)35(41)42)34-29(38)26-20-1-2-21(15-20)27(26)30(34)39/h1-14,20-21,26-27H,15-16H2/t20-,21-,26+,27+/m0/s1. The summed E-state index contributed by atoms with van der Waals surface area (Å²) in [4.78, 5) is 77.1. The number of amides is 3. The molecule has 6 rings (SSSR count). The van der Waals surface area contributed by atoms with E-state index in [1.54, 1.807) is 24.3 Å². The van der Waals surface area contributed by atoms with Crippen LogP contribution < -0.4 is 4.74 Å². The van der Waals surface area contributed by atoms with Crippen LogP contribution in [0.4, 0.5) is 5.69 Å². The number of fused-ring (bicyclic) bond motifs is 5. The summed E-state index contributed by atoms with van der Waals surface area (Å²) in [6, 6.07) is 16.9. The maximum absolute atomic E-state index is 13.7. The van der Waals surface area contributed by atoms with Crippen molar-refractivity contribution in [1.82, 2.24) is 10.0 Å². The number of benzene rings is 3. The number of nitro benzene ring substituents is 1. The number of Topliss-reactive ketones (excluding diaryl/α,β-unsaturated/α-hetero) is 1. The number of hydrogen-bond donors (Lipinski definition) is 0. The van der Waals surface area contributed by atoms with Gasteiger partial charge in [-0.25, -0.2) is 9.80 Å². The Hall–Kier alpha value is -4.97. The average molecular weight is 644 g/mol. The maximum atomic E-state index is 13.7. The molecule has 2 fully saturated rings.